The molecule has 2 aromatic rings. The molecular formula is C10H8F3N3S2. The molecule has 96 valence electrons. The Morgan fingerprint density at radius 3 is 2.67 bits per heavy atom. The lowest BCUT2D eigenvalue weighted by Gasteiger charge is -2.10. The van der Waals surface area contributed by atoms with Gasteiger partial charge in [-0.1, -0.05) is 6.07 Å². The average Bonchev–Trinajstić information content (AvgIpc) is 2.80. The zero-order valence-corrected chi connectivity index (χ0v) is 10.6. The summed E-state index contributed by atoms with van der Waals surface area (Å²) >= 11 is 2.43. The second kappa shape index (κ2) is 5.25. The summed E-state index contributed by atoms with van der Waals surface area (Å²) in [4.78, 5) is 7.61. The minimum Gasteiger partial charge on any atom is -0.326 e. The summed E-state index contributed by atoms with van der Waals surface area (Å²) in [5.74, 6) is 0. The highest BCUT2D eigenvalue weighted by molar-refractivity contribution is 8.01. The lowest BCUT2D eigenvalue weighted by atomic mass is 10.2. The summed E-state index contributed by atoms with van der Waals surface area (Å²) in [6, 6.07) is 2.29. The Kier molecular flexibility index (Phi) is 3.88. The molecule has 0 unspecified atom stereocenters. The molecule has 2 rings (SSSR count). The second-order valence-corrected chi connectivity index (χ2v) is 5.39. The van der Waals surface area contributed by atoms with E-state index < -0.39 is 11.9 Å². The fourth-order valence-electron chi connectivity index (χ4n) is 1.21. The summed E-state index contributed by atoms with van der Waals surface area (Å²) in [6.07, 6.45) is -2.87. The number of alkyl halides is 3. The SMILES string of the molecule is NCc1ccc(C(F)(F)F)nc1Sc1nccs1. The third kappa shape index (κ3) is 3.01. The maximum absolute atomic E-state index is 12.6. The second-order valence-electron chi connectivity index (χ2n) is 3.26. The van der Waals surface area contributed by atoms with Gasteiger partial charge in [-0.3, -0.25) is 0 Å². The Morgan fingerprint density at radius 1 is 1.33 bits per heavy atom. The van der Waals surface area contributed by atoms with E-state index >= 15 is 0 Å². The summed E-state index contributed by atoms with van der Waals surface area (Å²) in [7, 11) is 0. The first kappa shape index (κ1) is 13.3. The lowest BCUT2D eigenvalue weighted by molar-refractivity contribution is -0.141. The number of hydrogen-bond acceptors (Lipinski definition) is 5. The molecule has 0 fully saturated rings. The highest BCUT2D eigenvalue weighted by Gasteiger charge is 2.33. The van der Waals surface area contributed by atoms with E-state index in [1.807, 2.05) is 0 Å². The topological polar surface area (TPSA) is 51.8 Å². The molecule has 8 heteroatoms. The van der Waals surface area contributed by atoms with Crippen molar-refractivity contribution in [1.82, 2.24) is 9.97 Å². The lowest BCUT2D eigenvalue weighted by Crippen LogP contribution is -2.10. The number of rotatable bonds is 3. The van der Waals surface area contributed by atoms with Gasteiger partial charge in [-0.15, -0.1) is 11.3 Å². The van der Waals surface area contributed by atoms with Gasteiger partial charge >= 0.3 is 6.18 Å². The molecule has 0 atom stereocenters. The van der Waals surface area contributed by atoms with Crippen molar-refractivity contribution in [3.63, 3.8) is 0 Å². The molecule has 0 amide bonds. The highest BCUT2D eigenvalue weighted by Crippen LogP contribution is 2.34. The van der Waals surface area contributed by atoms with Crippen molar-refractivity contribution < 1.29 is 13.2 Å². The van der Waals surface area contributed by atoms with Crippen LogP contribution in [0.1, 0.15) is 11.3 Å². The fraction of sp³-hybridized carbons (Fsp3) is 0.200. The molecule has 18 heavy (non-hydrogen) atoms. The van der Waals surface area contributed by atoms with E-state index in [9.17, 15) is 13.2 Å². The van der Waals surface area contributed by atoms with E-state index in [0.717, 1.165) is 17.8 Å². The molecule has 0 aliphatic heterocycles. The van der Waals surface area contributed by atoms with Crippen LogP contribution in [0.15, 0.2) is 33.1 Å². The van der Waals surface area contributed by atoms with Crippen LogP contribution in [0.3, 0.4) is 0 Å². The van der Waals surface area contributed by atoms with Crippen molar-refractivity contribution in [2.24, 2.45) is 5.73 Å². The summed E-state index contributed by atoms with van der Waals surface area (Å²) in [6.45, 7) is 0.138. The van der Waals surface area contributed by atoms with Gasteiger partial charge in [0.2, 0.25) is 0 Å². The van der Waals surface area contributed by atoms with Crippen LogP contribution in [-0.2, 0) is 12.7 Å². The van der Waals surface area contributed by atoms with Gasteiger partial charge in [0, 0.05) is 18.1 Å². The highest BCUT2D eigenvalue weighted by atomic mass is 32.2. The third-order valence-corrected chi connectivity index (χ3v) is 3.97. The van der Waals surface area contributed by atoms with Gasteiger partial charge in [-0.25, -0.2) is 9.97 Å². The monoisotopic (exact) mass is 291 g/mol. The number of thiazole rings is 1. The van der Waals surface area contributed by atoms with Gasteiger partial charge in [0.1, 0.15) is 10.7 Å². The number of halogens is 3. The smallest absolute Gasteiger partial charge is 0.326 e. The first-order chi connectivity index (χ1) is 8.50. The number of aromatic nitrogens is 2. The maximum atomic E-state index is 12.6. The average molecular weight is 291 g/mol. The number of hydrogen-bond donors (Lipinski definition) is 1. The molecule has 0 aliphatic carbocycles. The van der Waals surface area contributed by atoms with Crippen molar-refractivity contribution in [2.75, 3.05) is 0 Å². The summed E-state index contributed by atoms with van der Waals surface area (Å²) in [5, 5.41) is 2.00. The first-order valence-electron chi connectivity index (χ1n) is 4.85. The van der Waals surface area contributed by atoms with Crippen LogP contribution < -0.4 is 5.73 Å². The van der Waals surface area contributed by atoms with Crippen LogP contribution in [0, 0.1) is 0 Å². The van der Waals surface area contributed by atoms with Crippen LogP contribution >= 0.6 is 23.1 Å². The van der Waals surface area contributed by atoms with Crippen molar-refractivity contribution in [2.45, 2.75) is 22.1 Å². The molecule has 3 nitrogen and oxygen atoms in total. The quantitative estimate of drug-likeness (QED) is 0.943. The van der Waals surface area contributed by atoms with E-state index in [2.05, 4.69) is 9.97 Å². The van der Waals surface area contributed by atoms with Gasteiger partial charge < -0.3 is 5.73 Å². The Bertz CT molecular complexity index is 526. The van der Waals surface area contributed by atoms with Gasteiger partial charge in [-0.2, -0.15) is 13.2 Å². The van der Waals surface area contributed by atoms with Gasteiger partial charge in [0.05, 0.1) is 0 Å². The molecule has 2 N–H and O–H groups in total. The Balaban J connectivity index is 2.37. The molecule has 2 aromatic heterocycles. The largest absolute Gasteiger partial charge is 0.433 e. The van der Waals surface area contributed by atoms with Gasteiger partial charge in [-0.05, 0) is 23.4 Å². The minimum atomic E-state index is -4.45. The number of nitrogens with zero attached hydrogens (tertiary/aromatic N) is 2. The Hall–Kier alpha value is -1.12. The Morgan fingerprint density at radius 2 is 2.11 bits per heavy atom. The van der Waals surface area contributed by atoms with Crippen molar-refractivity contribution in [3.05, 3.63) is 35.0 Å². The first-order valence-corrected chi connectivity index (χ1v) is 6.55. The van der Waals surface area contributed by atoms with E-state index in [-0.39, 0.29) is 11.6 Å². The fourth-order valence-corrected chi connectivity index (χ4v) is 2.88. The van der Waals surface area contributed by atoms with Crippen LogP contribution in [-0.4, -0.2) is 9.97 Å². The van der Waals surface area contributed by atoms with Crippen LogP contribution in [0.2, 0.25) is 0 Å². The normalized spacial score (nSPS) is 11.8. The van der Waals surface area contributed by atoms with Crippen molar-refractivity contribution >= 4 is 23.1 Å². The molecule has 0 aromatic carbocycles. The molecule has 0 saturated heterocycles. The predicted molar refractivity (Wildman–Crippen MR) is 63.4 cm³/mol. The van der Waals surface area contributed by atoms with E-state index in [1.165, 1.54) is 17.4 Å². The van der Waals surface area contributed by atoms with Gasteiger partial charge in [0.15, 0.2) is 4.34 Å². The molecule has 0 saturated carbocycles. The molecular weight excluding hydrogens is 283 g/mol. The Labute approximate surface area is 109 Å². The zero-order chi connectivity index (χ0) is 13.2. The predicted octanol–water partition coefficient (Wildman–Crippen LogP) is 3.17. The van der Waals surface area contributed by atoms with Crippen molar-refractivity contribution in [1.29, 1.82) is 0 Å². The molecule has 0 bridgehead atoms. The van der Waals surface area contributed by atoms with Crippen molar-refractivity contribution in [3.8, 4) is 0 Å². The van der Waals surface area contributed by atoms with Gasteiger partial charge in [0.25, 0.3) is 0 Å². The minimum absolute atomic E-state index is 0.138. The zero-order valence-electron chi connectivity index (χ0n) is 8.94. The standard InChI is InChI=1S/C10H8F3N3S2/c11-10(12,13)7-2-1-6(5-14)8(16-7)18-9-15-3-4-17-9/h1-4H,5,14H2. The third-order valence-electron chi connectivity index (χ3n) is 2.04. The van der Waals surface area contributed by atoms with E-state index in [1.54, 1.807) is 11.6 Å². The number of pyridine rings is 1. The summed E-state index contributed by atoms with van der Waals surface area (Å²) < 4.78 is 38.3. The molecule has 2 heterocycles. The summed E-state index contributed by atoms with van der Waals surface area (Å²) in [5.41, 5.74) is 5.14. The van der Waals surface area contributed by atoms with Crippen LogP contribution in [0.5, 0.6) is 0 Å². The molecule has 0 aliphatic rings. The molecule has 0 spiro atoms. The molecule has 0 radical (unpaired) electrons. The van der Waals surface area contributed by atoms with E-state index in [0.29, 0.717) is 9.90 Å². The number of nitrogens with two attached hydrogens (primary N) is 1. The van der Waals surface area contributed by atoms with Crippen LogP contribution in [0.25, 0.3) is 0 Å². The maximum Gasteiger partial charge on any atom is 0.433 e. The van der Waals surface area contributed by atoms with E-state index in [4.69, 9.17) is 5.73 Å². The van der Waals surface area contributed by atoms with Crippen LogP contribution in [0.4, 0.5) is 13.2 Å².